The van der Waals surface area contributed by atoms with Crippen molar-refractivity contribution in [3.05, 3.63) is 77.4 Å². The van der Waals surface area contributed by atoms with Crippen molar-refractivity contribution in [3.63, 3.8) is 0 Å². The molecule has 0 radical (unpaired) electrons. The number of hydrogen-bond acceptors (Lipinski definition) is 10. The fourth-order valence-corrected chi connectivity index (χ4v) is 4.98. The fourth-order valence-electron chi connectivity index (χ4n) is 4.28. The predicted molar refractivity (Wildman–Crippen MR) is 167 cm³/mol. The van der Waals surface area contributed by atoms with Gasteiger partial charge in [0.25, 0.3) is 0 Å². The highest BCUT2D eigenvalue weighted by atomic mass is 32.1. The van der Waals surface area contributed by atoms with E-state index in [1.54, 1.807) is 18.2 Å². The van der Waals surface area contributed by atoms with Gasteiger partial charge in [-0.25, -0.2) is 19.6 Å². The molecule has 0 saturated carbocycles. The molecule has 0 saturated heterocycles. The molecular weight excluding hydrogens is 570 g/mol. The molecule has 0 fully saturated rings. The number of methoxy groups -OCH3 is 1. The Balaban J connectivity index is 1.44. The van der Waals surface area contributed by atoms with Gasteiger partial charge in [0, 0.05) is 28.4 Å². The lowest BCUT2D eigenvalue weighted by atomic mass is 9.86. The van der Waals surface area contributed by atoms with Crippen LogP contribution in [0.1, 0.15) is 36.8 Å². The van der Waals surface area contributed by atoms with Crippen molar-refractivity contribution in [2.45, 2.75) is 26.2 Å². The summed E-state index contributed by atoms with van der Waals surface area (Å²) in [5.41, 5.74) is 7.72. The van der Waals surface area contributed by atoms with Gasteiger partial charge in [0.1, 0.15) is 5.75 Å². The zero-order valence-corrected chi connectivity index (χ0v) is 24.6. The Morgan fingerprint density at radius 2 is 1.67 bits per heavy atom. The maximum Gasteiger partial charge on any atom is 0.355 e. The lowest BCUT2D eigenvalue weighted by Gasteiger charge is -2.24. The van der Waals surface area contributed by atoms with Gasteiger partial charge < -0.3 is 36.3 Å². The summed E-state index contributed by atoms with van der Waals surface area (Å²) < 4.78 is 11.7. The first-order chi connectivity index (χ1) is 20.5. The number of thiazole rings is 1. The van der Waals surface area contributed by atoms with Gasteiger partial charge in [0.2, 0.25) is 11.8 Å². The SMILES string of the molecule is COc1c(NC(=O)Nc2ccc(Oc3ccnc(N)n3)c3ccccc23)cc(C(C)(C)C)cc1Nc1nc(C(=O)O)cs1. The van der Waals surface area contributed by atoms with E-state index in [9.17, 15) is 14.7 Å². The van der Waals surface area contributed by atoms with Crippen LogP contribution in [-0.4, -0.2) is 39.2 Å². The summed E-state index contributed by atoms with van der Waals surface area (Å²) in [5, 5.41) is 21.5. The third kappa shape index (κ3) is 6.57. The fraction of sp³-hybridized carbons (Fsp3) is 0.167. The molecule has 43 heavy (non-hydrogen) atoms. The minimum Gasteiger partial charge on any atom is -0.492 e. The number of fused-ring (bicyclic) bond motifs is 1. The number of nitrogens with one attached hydrogen (secondary N) is 3. The molecule has 0 bridgehead atoms. The second-order valence-corrected chi connectivity index (χ2v) is 11.3. The van der Waals surface area contributed by atoms with Crippen LogP contribution in [0.15, 0.2) is 66.2 Å². The van der Waals surface area contributed by atoms with Crippen molar-refractivity contribution in [3.8, 4) is 17.4 Å². The van der Waals surface area contributed by atoms with Crippen LogP contribution in [0, 0.1) is 0 Å². The summed E-state index contributed by atoms with van der Waals surface area (Å²) in [6.07, 6.45) is 1.51. The maximum absolute atomic E-state index is 13.4. The van der Waals surface area contributed by atoms with Gasteiger partial charge in [-0.1, -0.05) is 45.0 Å². The number of aromatic carboxylic acids is 1. The number of anilines is 5. The molecule has 0 spiro atoms. The first-order valence-electron chi connectivity index (χ1n) is 13.1. The number of nitrogens with two attached hydrogens (primary N) is 1. The second kappa shape index (κ2) is 11.8. The molecule has 0 atom stereocenters. The van der Waals surface area contributed by atoms with Crippen molar-refractivity contribution in [2.24, 2.45) is 0 Å². The van der Waals surface area contributed by atoms with Gasteiger partial charge in [-0.05, 0) is 35.2 Å². The van der Waals surface area contributed by atoms with Gasteiger partial charge >= 0.3 is 12.0 Å². The maximum atomic E-state index is 13.4. The van der Waals surface area contributed by atoms with Crippen LogP contribution in [0.3, 0.4) is 0 Å². The number of rotatable bonds is 8. The molecule has 0 aliphatic heterocycles. The van der Waals surface area contributed by atoms with Gasteiger partial charge in [-0.2, -0.15) is 4.98 Å². The lowest BCUT2D eigenvalue weighted by Crippen LogP contribution is -2.21. The number of benzene rings is 3. The third-order valence-electron chi connectivity index (χ3n) is 6.37. The minimum atomic E-state index is -1.12. The van der Waals surface area contributed by atoms with E-state index in [4.69, 9.17) is 15.2 Å². The monoisotopic (exact) mass is 599 g/mol. The van der Waals surface area contributed by atoms with E-state index in [0.717, 1.165) is 27.7 Å². The zero-order valence-electron chi connectivity index (χ0n) is 23.8. The van der Waals surface area contributed by atoms with E-state index in [2.05, 4.69) is 30.9 Å². The van der Waals surface area contributed by atoms with Crippen LogP contribution in [-0.2, 0) is 5.41 Å². The molecule has 2 heterocycles. The van der Waals surface area contributed by atoms with E-state index in [-0.39, 0.29) is 17.1 Å². The molecule has 0 aliphatic carbocycles. The van der Waals surface area contributed by atoms with E-state index >= 15 is 0 Å². The summed E-state index contributed by atoms with van der Waals surface area (Å²) in [6.45, 7) is 6.12. The highest BCUT2D eigenvalue weighted by Gasteiger charge is 2.22. The van der Waals surface area contributed by atoms with Crippen LogP contribution >= 0.6 is 11.3 Å². The Labute approximate surface area is 250 Å². The van der Waals surface area contributed by atoms with Crippen molar-refractivity contribution >= 4 is 62.3 Å². The molecule has 13 heteroatoms. The zero-order chi connectivity index (χ0) is 30.7. The van der Waals surface area contributed by atoms with E-state index < -0.39 is 12.0 Å². The topological polar surface area (TPSA) is 174 Å². The highest BCUT2D eigenvalue weighted by Crippen LogP contribution is 2.41. The average Bonchev–Trinajstić information content (AvgIpc) is 3.43. The second-order valence-electron chi connectivity index (χ2n) is 10.4. The summed E-state index contributed by atoms with van der Waals surface area (Å²) in [4.78, 5) is 36.8. The normalized spacial score (nSPS) is 11.2. The molecule has 5 rings (SSSR count). The number of urea groups is 1. The van der Waals surface area contributed by atoms with Crippen molar-refractivity contribution < 1.29 is 24.2 Å². The van der Waals surface area contributed by atoms with E-state index in [1.165, 1.54) is 18.7 Å². The highest BCUT2D eigenvalue weighted by molar-refractivity contribution is 7.14. The average molecular weight is 600 g/mol. The molecule has 5 aromatic rings. The first-order valence-corrected chi connectivity index (χ1v) is 13.9. The van der Waals surface area contributed by atoms with Gasteiger partial charge in [-0.15, -0.1) is 11.3 Å². The molecule has 220 valence electrons. The summed E-state index contributed by atoms with van der Waals surface area (Å²) in [7, 11) is 1.49. The van der Waals surface area contributed by atoms with Crippen molar-refractivity contribution in [1.29, 1.82) is 0 Å². The lowest BCUT2D eigenvalue weighted by molar-refractivity contribution is 0.0691. The standard InChI is InChI=1S/C30H29N7O5S/c1-30(2,3)16-13-20(25(41-4)21(14-16)35-29-36-22(15-43-29)26(38)39)34-28(40)33-19-9-10-23(18-8-6-5-7-17(18)19)42-24-11-12-32-27(31)37-24/h5-15H,1-4H3,(H,35,36)(H,38,39)(H2,31,32,37)(H2,33,34,40). The van der Waals surface area contributed by atoms with E-state index in [1.807, 2.05) is 57.2 Å². The molecule has 0 aliphatic rings. The molecule has 2 aromatic heterocycles. The number of carboxylic acid groups (broad SMARTS) is 1. The smallest absolute Gasteiger partial charge is 0.355 e. The van der Waals surface area contributed by atoms with Crippen LogP contribution in [0.4, 0.5) is 32.9 Å². The number of amides is 2. The number of ether oxygens (including phenoxy) is 2. The summed E-state index contributed by atoms with van der Waals surface area (Å²) >= 11 is 1.15. The number of hydrogen-bond donors (Lipinski definition) is 5. The van der Waals surface area contributed by atoms with Gasteiger partial charge in [0.15, 0.2) is 16.6 Å². The van der Waals surface area contributed by atoms with Gasteiger partial charge in [-0.3, -0.25) is 0 Å². The minimum absolute atomic E-state index is 0.0685. The summed E-state index contributed by atoms with van der Waals surface area (Å²) in [6, 6.07) is 15.8. The van der Waals surface area contributed by atoms with Crippen LogP contribution < -0.4 is 31.2 Å². The number of carbonyl (C=O) groups excluding carboxylic acids is 1. The quantitative estimate of drug-likeness (QED) is 0.127. The molecule has 3 aromatic carbocycles. The Bertz CT molecular complexity index is 1830. The Morgan fingerprint density at radius 3 is 2.35 bits per heavy atom. The van der Waals surface area contributed by atoms with Crippen molar-refractivity contribution in [2.75, 3.05) is 28.8 Å². The van der Waals surface area contributed by atoms with Crippen LogP contribution in [0.5, 0.6) is 17.4 Å². The largest absolute Gasteiger partial charge is 0.492 e. The number of nitrogen functional groups attached to an aromatic ring is 1. The first kappa shape index (κ1) is 29.1. The van der Waals surface area contributed by atoms with Crippen molar-refractivity contribution in [1.82, 2.24) is 15.0 Å². The molecule has 2 amide bonds. The number of carbonyl (C=O) groups is 2. The Hall–Kier alpha value is -5.43. The number of aromatic nitrogens is 3. The summed E-state index contributed by atoms with van der Waals surface area (Å²) in [5.74, 6) is 0.154. The van der Waals surface area contributed by atoms with Crippen LogP contribution in [0.25, 0.3) is 10.8 Å². The number of nitrogens with zero attached hydrogens (tertiary/aromatic N) is 3. The molecule has 0 unspecified atom stereocenters. The molecular formula is C30H29N7O5S. The predicted octanol–water partition coefficient (Wildman–Crippen LogP) is 6.85. The molecule has 12 nitrogen and oxygen atoms in total. The van der Waals surface area contributed by atoms with Crippen LogP contribution in [0.2, 0.25) is 0 Å². The number of carboxylic acids is 1. The molecule has 6 N–H and O–H groups in total. The Kier molecular flexibility index (Phi) is 7.99. The van der Waals surface area contributed by atoms with E-state index in [0.29, 0.717) is 39.6 Å². The Morgan fingerprint density at radius 1 is 0.953 bits per heavy atom. The third-order valence-corrected chi connectivity index (χ3v) is 7.13. The van der Waals surface area contributed by atoms with Gasteiger partial charge in [0.05, 0.1) is 24.2 Å².